The fourth-order valence-corrected chi connectivity index (χ4v) is 6.29. The Kier molecular flexibility index (Phi) is 14.8. The molecule has 6 amide bonds. The number of carbonyl (C=O) groups excluding carboxylic acids is 6. The molecular formula is C33H52N10O6. The van der Waals surface area contributed by atoms with Crippen molar-refractivity contribution in [2.75, 3.05) is 26.2 Å². The van der Waals surface area contributed by atoms with Crippen LogP contribution in [0.1, 0.15) is 64.4 Å². The number of nitrogens with one attached hydrogen (secondary N) is 3. The summed E-state index contributed by atoms with van der Waals surface area (Å²) in [6.45, 7) is 4.38. The van der Waals surface area contributed by atoms with E-state index in [1.807, 2.05) is 13.0 Å². The first kappa shape index (κ1) is 38.7. The first-order valence-electron chi connectivity index (χ1n) is 17.0. The lowest BCUT2D eigenvalue weighted by Crippen LogP contribution is -2.59. The number of hydrogen-bond acceptors (Lipinski definition) is 8. The second-order valence-corrected chi connectivity index (χ2v) is 12.7. The normalized spacial score (nSPS) is 19.7. The molecule has 6 unspecified atom stereocenters. The van der Waals surface area contributed by atoms with Crippen LogP contribution in [0.3, 0.4) is 0 Å². The van der Waals surface area contributed by atoms with Gasteiger partial charge in [0.2, 0.25) is 35.4 Å². The lowest BCUT2D eigenvalue weighted by molar-refractivity contribution is -0.146. The number of amides is 6. The quantitative estimate of drug-likeness (QED) is 0.0554. The molecule has 3 rings (SSSR count). The Labute approximate surface area is 287 Å². The van der Waals surface area contributed by atoms with Gasteiger partial charge < -0.3 is 48.7 Å². The van der Waals surface area contributed by atoms with Gasteiger partial charge >= 0.3 is 0 Å². The Morgan fingerprint density at radius 2 is 1.51 bits per heavy atom. The zero-order chi connectivity index (χ0) is 36.1. The SMILES string of the molecule is CCC(C)C(NC(=O)C(Cc1ccccc1)NC(=O)C(CCCN=C(N)N)NC(=O)C1CCCN1C(=O)C1CCCN1C(=O)CN)C(N)=O. The Balaban J connectivity index is 1.82. The van der Waals surface area contributed by atoms with E-state index in [9.17, 15) is 28.8 Å². The van der Waals surface area contributed by atoms with E-state index in [4.69, 9.17) is 22.9 Å². The molecule has 49 heavy (non-hydrogen) atoms. The van der Waals surface area contributed by atoms with Gasteiger partial charge in [0.25, 0.3) is 0 Å². The molecule has 2 heterocycles. The van der Waals surface area contributed by atoms with Gasteiger partial charge in [0.1, 0.15) is 30.2 Å². The van der Waals surface area contributed by atoms with Gasteiger partial charge in [-0.3, -0.25) is 33.8 Å². The molecule has 11 N–H and O–H groups in total. The van der Waals surface area contributed by atoms with Gasteiger partial charge in [-0.05, 0) is 50.0 Å². The molecule has 16 nitrogen and oxygen atoms in total. The molecule has 0 bridgehead atoms. The number of benzene rings is 1. The highest BCUT2D eigenvalue weighted by Crippen LogP contribution is 2.25. The Hall–Kier alpha value is -4.73. The third-order valence-corrected chi connectivity index (χ3v) is 9.18. The third-order valence-electron chi connectivity index (χ3n) is 9.18. The number of carbonyl (C=O) groups is 6. The number of nitrogens with two attached hydrogens (primary N) is 4. The van der Waals surface area contributed by atoms with Gasteiger partial charge in [-0.15, -0.1) is 0 Å². The summed E-state index contributed by atoms with van der Waals surface area (Å²) in [4.78, 5) is 86.3. The minimum atomic E-state index is -1.12. The predicted octanol–water partition coefficient (Wildman–Crippen LogP) is -1.79. The molecule has 1 aromatic carbocycles. The molecule has 2 aliphatic heterocycles. The maximum absolute atomic E-state index is 13.9. The van der Waals surface area contributed by atoms with Crippen molar-refractivity contribution in [3.05, 3.63) is 35.9 Å². The fraction of sp³-hybridized carbons (Fsp3) is 0.606. The molecule has 1 aromatic rings. The van der Waals surface area contributed by atoms with Crippen LogP contribution in [0.4, 0.5) is 0 Å². The van der Waals surface area contributed by atoms with Crippen LogP contribution in [0.2, 0.25) is 0 Å². The van der Waals surface area contributed by atoms with Crippen LogP contribution in [0.5, 0.6) is 0 Å². The van der Waals surface area contributed by atoms with E-state index in [0.717, 1.165) is 5.56 Å². The summed E-state index contributed by atoms with van der Waals surface area (Å²) in [7, 11) is 0. The van der Waals surface area contributed by atoms with Crippen molar-refractivity contribution in [3.63, 3.8) is 0 Å². The highest BCUT2D eigenvalue weighted by Gasteiger charge is 2.42. The average molecular weight is 685 g/mol. The highest BCUT2D eigenvalue weighted by molar-refractivity contribution is 5.97. The van der Waals surface area contributed by atoms with Gasteiger partial charge in [-0.1, -0.05) is 50.6 Å². The van der Waals surface area contributed by atoms with Gasteiger partial charge in [0, 0.05) is 26.1 Å². The van der Waals surface area contributed by atoms with Gasteiger partial charge in [0.05, 0.1) is 6.54 Å². The lowest BCUT2D eigenvalue weighted by atomic mass is 9.97. The van der Waals surface area contributed by atoms with Gasteiger partial charge in [-0.2, -0.15) is 0 Å². The summed E-state index contributed by atoms with van der Waals surface area (Å²) in [5.41, 5.74) is 22.8. The van der Waals surface area contributed by atoms with Crippen LogP contribution in [0.15, 0.2) is 35.3 Å². The van der Waals surface area contributed by atoms with Crippen LogP contribution >= 0.6 is 0 Å². The van der Waals surface area contributed by atoms with Crippen molar-refractivity contribution in [3.8, 4) is 0 Å². The van der Waals surface area contributed by atoms with E-state index < -0.39 is 53.8 Å². The molecule has 6 atom stereocenters. The monoisotopic (exact) mass is 684 g/mol. The molecule has 16 heteroatoms. The summed E-state index contributed by atoms with van der Waals surface area (Å²) >= 11 is 0. The van der Waals surface area contributed by atoms with Crippen LogP contribution < -0.4 is 38.9 Å². The first-order valence-corrected chi connectivity index (χ1v) is 17.0. The summed E-state index contributed by atoms with van der Waals surface area (Å²) in [6, 6.07) is 4.30. The van der Waals surface area contributed by atoms with Crippen molar-refractivity contribution in [2.24, 2.45) is 33.8 Å². The molecule has 0 aliphatic carbocycles. The molecule has 2 fully saturated rings. The van der Waals surface area contributed by atoms with Crippen molar-refractivity contribution in [1.29, 1.82) is 0 Å². The van der Waals surface area contributed by atoms with Crippen molar-refractivity contribution in [2.45, 2.75) is 95.4 Å². The number of nitrogens with zero attached hydrogens (tertiary/aromatic N) is 3. The Bertz CT molecular complexity index is 1350. The van der Waals surface area contributed by atoms with E-state index in [1.54, 1.807) is 31.2 Å². The summed E-state index contributed by atoms with van der Waals surface area (Å²) in [5.74, 6) is -3.49. The molecule has 0 radical (unpaired) electrons. The minimum Gasteiger partial charge on any atom is -0.370 e. The van der Waals surface area contributed by atoms with Crippen molar-refractivity contribution < 1.29 is 28.8 Å². The van der Waals surface area contributed by atoms with E-state index >= 15 is 0 Å². The second-order valence-electron chi connectivity index (χ2n) is 12.7. The van der Waals surface area contributed by atoms with Crippen molar-refractivity contribution >= 4 is 41.4 Å². The average Bonchev–Trinajstić information content (AvgIpc) is 3.78. The van der Waals surface area contributed by atoms with Crippen LogP contribution in [0.25, 0.3) is 0 Å². The Morgan fingerprint density at radius 1 is 0.878 bits per heavy atom. The summed E-state index contributed by atoms with van der Waals surface area (Å²) in [5, 5.41) is 8.28. The van der Waals surface area contributed by atoms with E-state index in [1.165, 1.54) is 9.80 Å². The minimum absolute atomic E-state index is 0.101. The van der Waals surface area contributed by atoms with Crippen LogP contribution in [-0.4, -0.2) is 108 Å². The van der Waals surface area contributed by atoms with Gasteiger partial charge in [0.15, 0.2) is 5.96 Å². The number of rotatable bonds is 17. The number of hydrogen-bond donors (Lipinski definition) is 7. The maximum atomic E-state index is 13.9. The van der Waals surface area contributed by atoms with Gasteiger partial charge in [-0.25, -0.2) is 0 Å². The number of guanidine groups is 1. The van der Waals surface area contributed by atoms with Crippen molar-refractivity contribution in [1.82, 2.24) is 25.8 Å². The largest absolute Gasteiger partial charge is 0.370 e. The predicted molar refractivity (Wildman–Crippen MR) is 183 cm³/mol. The molecule has 270 valence electrons. The zero-order valence-electron chi connectivity index (χ0n) is 28.4. The van der Waals surface area contributed by atoms with E-state index in [-0.39, 0.29) is 49.6 Å². The fourth-order valence-electron chi connectivity index (χ4n) is 6.29. The smallest absolute Gasteiger partial charge is 0.246 e. The second kappa shape index (κ2) is 18.7. The third kappa shape index (κ3) is 10.9. The lowest BCUT2D eigenvalue weighted by Gasteiger charge is -2.31. The maximum Gasteiger partial charge on any atom is 0.246 e. The molecule has 0 saturated carbocycles. The summed E-state index contributed by atoms with van der Waals surface area (Å²) in [6.07, 6.45) is 3.19. The molecule has 0 aromatic heterocycles. The van der Waals surface area contributed by atoms with Crippen LogP contribution in [0, 0.1) is 5.92 Å². The first-order chi connectivity index (χ1) is 23.4. The number of aliphatic imine (C=N–C) groups is 1. The molecule has 0 spiro atoms. The molecule has 2 aliphatic rings. The number of likely N-dealkylation sites (tertiary alicyclic amines) is 2. The van der Waals surface area contributed by atoms with E-state index in [2.05, 4.69) is 20.9 Å². The Morgan fingerprint density at radius 3 is 2.12 bits per heavy atom. The highest BCUT2D eigenvalue weighted by atomic mass is 16.2. The topological polar surface area (TPSA) is 261 Å². The molecule has 2 saturated heterocycles. The summed E-state index contributed by atoms with van der Waals surface area (Å²) < 4.78 is 0. The van der Waals surface area contributed by atoms with E-state index in [0.29, 0.717) is 51.6 Å². The standard InChI is InChI=1S/C33H52N10O6/c1-3-20(2)27(28(35)45)41-30(47)23(18-21-10-5-4-6-11-21)40-29(46)22(12-7-15-38-33(36)37)39-31(48)24-13-8-17-43(24)32(49)25-14-9-16-42(25)26(44)19-34/h4-6,10-11,20,22-25,27H,3,7-9,12-19,34H2,1-2H3,(H2,35,45)(H,39,48)(H,40,46)(H,41,47)(H4,36,37,38). The van der Waals surface area contributed by atoms with Crippen LogP contribution in [-0.2, 0) is 35.2 Å². The number of primary amides is 1. The zero-order valence-corrected chi connectivity index (χ0v) is 28.4. The molecular weight excluding hydrogens is 632 g/mol.